The Labute approximate surface area is 83.3 Å². The molecule has 0 aliphatic heterocycles. The van der Waals surface area contributed by atoms with Crippen molar-refractivity contribution in [2.45, 2.75) is 6.04 Å². The molecule has 0 amide bonds. The lowest BCUT2D eigenvalue weighted by molar-refractivity contribution is 0.206. The van der Waals surface area contributed by atoms with Gasteiger partial charge in [-0.2, -0.15) is 0 Å². The molecule has 3 N–H and O–H groups in total. The third-order valence-electron chi connectivity index (χ3n) is 1.74. The highest BCUT2D eigenvalue weighted by Crippen LogP contribution is 2.18. The van der Waals surface area contributed by atoms with Crippen LogP contribution in [0, 0.1) is 0 Å². The zero-order valence-electron chi connectivity index (χ0n) is 8.14. The molecule has 1 rings (SSSR count). The van der Waals surface area contributed by atoms with Crippen molar-refractivity contribution in [1.82, 2.24) is 0 Å². The van der Waals surface area contributed by atoms with Crippen molar-refractivity contribution >= 4 is 0 Å². The average Bonchev–Trinajstić information content (AvgIpc) is 2.26. The largest absolute Gasteiger partial charge is 0.497 e. The van der Waals surface area contributed by atoms with E-state index < -0.39 is 0 Å². The van der Waals surface area contributed by atoms with Crippen molar-refractivity contribution in [3.8, 4) is 11.5 Å². The molecule has 1 aromatic carbocycles. The number of hydrogen-bond acceptors (Lipinski definition) is 4. The molecular weight excluding hydrogens is 182 g/mol. The van der Waals surface area contributed by atoms with E-state index in [1.54, 1.807) is 13.2 Å². The van der Waals surface area contributed by atoms with Crippen LogP contribution in [-0.4, -0.2) is 31.5 Å². The van der Waals surface area contributed by atoms with E-state index in [0.29, 0.717) is 12.4 Å². The Morgan fingerprint density at radius 2 is 2.14 bits per heavy atom. The van der Waals surface area contributed by atoms with Crippen molar-refractivity contribution < 1.29 is 14.6 Å². The summed E-state index contributed by atoms with van der Waals surface area (Å²) in [6.07, 6.45) is 0. The lowest BCUT2D eigenvalue weighted by Gasteiger charge is -2.10. The zero-order valence-corrected chi connectivity index (χ0v) is 8.14. The number of benzene rings is 1. The van der Waals surface area contributed by atoms with Crippen LogP contribution in [0.25, 0.3) is 0 Å². The molecule has 1 unspecified atom stereocenters. The molecule has 0 spiro atoms. The number of methoxy groups -OCH3 is 1. The fourth-order valence-electron chi connectivity index (χ4n) is 0.947. The van der Waals surface area contributed by atoms with Gasteiger partial charge in [0.2, 0.25) is 0 Å². The van der Waals surface area contributed by atoms with Crippen LogP contribution in [0.3, 0.4) is 0 Å². The highest BCUT2D eigenvalue weighted by molar-refractivity contribution is 5.32. The average molecular weight is 197 g/mol. The maximum Gasteiger partial charge on any atom is 0.123 e. The van der Waals surface area contributed by atoms with Gasteiger partial charge in [-0.15, -0.1) is 0 Å². The summed E-state index contributed by atoms with van der Waals surface area (Å²) in [5.41, 5.74) is 5.49. The summed E-state index contributed by atoms with van der Waals surface area (Å²) in [5.74, 6) is 1.42. The summed E-state index contributed by atoms with van der Waals surface area (Å²) in [5, 5.41) is 8.68. The normalized spacial score (nSPS) is 12.2. The summed E-state index contributed by atoms with van der Waals surface area (Å²) >= 11 is 0. The Morgan fingerprint density at radius 3 is 2.79 bits per heavy atom. The van der Waals surface area contributed by atoms with Gasteiger partial charge in [0.1, 0.15) is 18.1 Å². The highest BCUT2D eigenvalue weighted by atomic mass is 16.5. The van der Waals surface area contributed by atoms with Gasteiger partial charge in [-0.05, 0) is 12.1 Å². The first-order valence-electron chi connectivity index (χ1n) is 4.39. The second kappa shape index (κ2) is 5.47. The van der Waals surface area contributed by atoms with E-state index in [1.165, 1.54) is 0 Å². The molecule has 0 aliphatic carbocycles. The van der Waals surface area contributed by atoms with Gasteiger partial charge in [0.25, 0.3) is 0 Å². The molecule has 0 radical (unpaired) electrons. The minimum atomic E-state index is -0.346. The van der Waals surface area contributed by atoms with Crippen LogP contribution in [0.15, 0.2) is 24.3 Å². The van der Waals surface area contributed by atoms with Gasteiger partial charge in [0.05, 0.1) is 19.8 Å². The summed E-state index contributed by atoms with van der Waals surface area (Å²) in [6.45, 7) is 0.216. The Bertz CT molecular complexity index is 278. The van der Waals surface area contributed by atoms with Crippen molar-refractivity contribution in [1.29, 1.82) is 0 Å². The van der Waals surface area contributed by atoms with Gasteiger partial charge in [-0.3, -0.25) is 0 Å². The Morgan fingerprint density at radius 1 is 1.43 bits per heavy atom. The van der Waals surface area contributed by atoms with Gasteiger partial charge in [-0.1, -0.05) is 6.07 Å². The lowest BCUT2D eigenvalue weighted by atomic mass is 10.3. The van der Waals surface area contributed by atoms with Crippen molar-refractivity contribution in [2.24, 2.45) is 5.73 Å². The predicted octanol–water partition coefficient (Wildman–Crippen LogP) is 0.394. The van der Waals surface area contributed by atoms with Gasteiger partial charge >= 0.3 is 0 Å². The molecule has 0 fully saturated rings. The molecule has 0 aliphatic rings. The molecule has 0 aromatic heterocycles. The minimum Gasteiger partial charge on any atom is -0.497 e. The number of hydrogen-bond donors (Lipinski definition) is 2. The van der Waals surface area contributed by atoms with E-state index >= 15 is 0 Å². The van der Waals surface area contributed by atoms with Crippen LogP contribution < -0.4 is 15.2 Å². The maximum atomic E-state index is 8.68. The first-order chi connectivity index (χ1) is 6.76. The maximum absolute atomic E-state index is 8.68. The third-order valence-corrected chi connectivity index (χ3v) is 1.74. The van der Waals surface area contributed by atoms with Crippen LogP contribution in [-0.2, 0) is 0 Å². The lowest BCUT2D eigenvalue weighted by Crippen LogP contribution is -2.31. The molecule has 0 saturated carbocycles. The quantitative estimate of drug-likeness (QED) is 0.716. The molecule has 4 heteroatoms. The number of ether oxygens (including phenoxy) is 2. The molecule has 1 atom stereocenters. The monoisotopic (exact) mass is 197 g/mol. The summed E-state index contributed by atoms with van der Waals surface area (Å²) in [6, 6.07) is 6.90. The predicted molar refractivity (Wildman–Crippen MR) is 53.6 cm³/mol. The number of aliphatic hydroxyl groups is 1. The first kappa shape index (κ1) is 10.8. The van der Waals surface area contributed by atoms with Gasteiger partial charge < -0.3 is 20.3 Å². The number of rotatable bonds is 5. The second-order valence-corrected chi connectivity index (χ2v) is 2.93. The summed E-state index contributed by atoms with van der Waals surface area (Å²) in [7, 11) is 1.60. The molecule has 0 bridgehead atoms. The van der Waals surface area contributed by atoms with Crippen LogP contribution in [0.2, 0.25) is 0 Å². The van der Waals surface area contributed by atoms with E-state index in [2.05, 4.69) is 0 Å². The smallest absolute Gasteiger partial charge is 0.123 e. The molecule has 4 nitrogen and oxygen atoms in total. The highest BCUT2D eigenvalue weighted by Gasteiger charge is 2.01. The molecule has 78 valence electrons. The fourth-order valence-corrected chi connectivity index (χ4v) is 0.947. The van der Waals surface area contributed by atoms with E-state index in [9.17, 15) is 0 Å². The number of aliphatic hydroxyl groups excluding tert-OH is 1. The van der Waals surface area contributed by atoms with E-state index in [1.807, 2.05) is 18.2 Å². The van der Waals surface area contributed by atoms with Crippen molar-refractivity contribution in [3.05, 3.63) is 24.3 Å². The third kappa shape index (κ3) is 3.24. The van der Waals surface area contributed by atoms with Crippen LogP contribution in [0.5, 0.6) is 11.5 Å². The molecular formula is C10H15NO3. The summed E-state index contributed by atoms with van der Waals surface area (Å²) in [4.78, 5) is 0. The Balaban J connectivity index is 2.50. The number of nitrogens with two attached hydrogens (primary N) is 1. The Kier molecular flexibility index (Phi) is 4.22. The van der Waals surface area contributed by atoms with E-state index in [4.69, 9.17) is 20.3 Å². The van der Waals surface area contributed by atoms with Gasteiger partial charge in [-0.25, -0.2) is 0 Å². The van der Waals surface area contributed by atoms with Crippen LogP contribution in [0.1, 0.15) is 0 Å². The molecule has 0 saturated heterocycles. The van der Waals surface area contributed by atoms with Crippen LogP contribution >= 0.6 is 0 Å². The Hall–Kier alpha value is -1.26. The minimum absolute atomic E-state index is 0.0794. The molecule has 1 aromatic rings. The standard InChI is InChI=1S/C10H15NO3/c1-13-9-3-2-4-10(5-9)14-7-8(11)6-12/h2-5,8,12H,6-7,11H2,1H3. The van der Waals surface area contributed by atoms with Crippen LogP contribution in [0.4, 0.5) is 0 Å². The van der Waals surface area contributed by atoms with E-state index in [0.717, 1.165) is 5.75 Å². The van der Waals surface area contributed by atoms with Crippen molar-refractivity contribution in [2.75, 3.05) is 20.3 Å². The SMILES string of the molecule is COc1cccc(OCC(N)CO)c1. The fraction of sp³-hybridized carbons (Fsp3) is 0.400. The van der Waals surface area contributed by atoms with E-state index in [-0.39, 0.29) is 12.6 Å². The zero-order chi connectivity index (χ0) is 10.4. The second-order valence-electron chi connectivity index (χ2n) is 2.93. The van der Waals surface area contributed by atoms with Gasteiger partial charge in [0, 0.05) is 6.07 Å². The summed E-state index contributed by atoms with van der Waals surface area (Å²) < 4.78 is 10.4. The van der Waals surface area contributed by atoms with Crippen molar-refractivity contribution in [3.63, 3.8) is 0 Å². The van der Waals surface area contributed by atoms with Gasteiger partial charge in [0.15, 0.2) is 0 Å². The first-order valence-corrected chi connectivity index (χ1v) is 4.39. The molecule has 14 heavy (non-hydrogen) atoms. The molecule has 0 heterocycles. The topological polar surface area (TPSA) is 64.7 Å².